The van der Waals surface area contributed by atoms with E-state index in [0.717, 1.165) is 41.8 Å². The summed E-state index contributed by atoms with van der Waals surface area (Å²) < 4.78 is 14.3. The molecule has 0 N–H and O–H groups in total. The second-order valence-electron chi connectivity index (χ2n) is 8.40. The van der Waals surface area contributed by atoms with Crippen LogP contribution in [0.3, 0.4) is 0 Å². The maximum Gasteiger partial charge on any atom is 0.133 e. The molecule has 2 fully saturated rings. The molecule has 1 aromatic rings. The number of hydrogen-bond donors (Lipinski definition) is 0. The molecule has 2 saturated carbocycles. The lowest BCUT2D eigenvalue weighted by atomic mass is 9.69. The second-order valence-corrected chi connectivity index (χ2v) is 10.6. The van der Waals surface area contributed by atoms with Crippen LogP contribution in [-0.2, 0) is 0 Å². The molecule has 2 nitrogen and oxygen atoms in total. The topological polar surface area (TPSA) is 18.5 Å². The molecule has 0 amide bonds. The van der Waals surface area contributed by atoms with Crippen molar-refractivity contribution in [1.29, 1.82) is 0 Å². The normalized spacial score (nSPS) is 28.7. The molecule has 27 heavy (non-hydrogen) atoms. The van der Waals surface area contributed by atoms with E-state index in [0.29, 0.717) is 6.61 Å². The van der Waals surface area contributed by atoms with Crippen LogP contribution in [0.25, 0.3) is 0 Å². The number of hydrogen-bond acceptors (Lipinski definition) is 2. The summed E-state index contributed by atoms with van der Waals surface area (Å²) in [5.41, 5.74) is 0. The average Bonchev–Trinajstić information content (AvgIpc) is 2.71. The van der Waals surface area contributed by atoms with Crippen molar-refractivity contribution < 1.29 is 9.47 Å². The van der Waals surface area contributed by atoms with E-state index in [2.05, 4.69) is 58.2 Å². The molecule has 4 heteroatoms. The van der Waals surface area contributed by atoms with Gasteiger partial charge in [-0.15, -0.1) is 0 Å². The Balaban J connectivity index is 1.44. The van der Waals surface area contributed by atoms with Crippen LogP contribution < -0.4 is 9.47 Å². The highest BCUT2D eigenvalue weighted by Crippen LogP contribution is 2.42. The van der Waals surface area contributed by atoms with Crippen LogP contribution >= 0.6 is 45.2 Å². The molecule has 2 aliphatic rings. The van der Waals surface area contributed by atoms with E-state index in [1.807, 2.05) is 13.0 Å². The van der Waals surface area contributed by atoms with Crippen molar-refractivity contribution in [2.45, 2.75) is 71.6 Å². The standard InChI is InChI=1S/C23H34I2O2/c1-3-16-5-9-18(10-6-16)19-11-7-17(8-12-19)15-27-21-14-13-20(26-4-2)22(24)23(21)25/h13-14,16-19H,3-12,15H2,1-2H3. The van der Waals surface area contributed by atoms with E-state index in [4.69, 9.17) is 9.47 Å². The summed E-state index contributed by atoms with van der Waals surface area (Å²) in [6.45, 7) is 5.97. The van der Waals surface area contributed by atoms with Crippen LogP contribution in [0.2, 0.25) is 0 Å². The molecule has 3 rings (SSSR count). The lowest BCUT2D eigenvalue weighted by Gasteiger charge is -2.37. The first-order valence-electron chi connectivity index (χ1n) is 10.9. The van der Waals surface area contributed by atoms with Gasteiger partial charge in [-0.3, -0.25) is 0 Å². The molecule has 0 saturated heterocycles. The van der Waals surface area contributed by atoms with E-state index in [-0.39, 0.29) is 0 Å². The average molecular weight is 596 g/mol. The Morgan fingerprint density at radius 3 is 1.70 bits per heavy atom. The van der Waals surface area contributed by atoms with E-state index < -0.39 is 0 Å². The summed E-state index contributed by atoms with van der Waals surface area (Å²) in [7, 11) is 0. The minimum absolute atomic E-state index is 0.704. The zero-order chi connectivity index (χ0) is 19.2. The molecule has 0 radical (unpaired) electrons. The van der Waals surface area contributed by atoms with Gasteiger partial charge in [-0.05, 0) is 126 Å². The van der Waals surface area contributed by atoms with Gasteiger partial charge in [-0.25, -0.2) is 0 Å². The van der Waals surface area contributed by atoms with Crippen molar-refractivity contribution >= 4 is 45.2 Å². The summed E-state index contributed by atoms with van der Waals surface area (Å²) in [5, 5.41) is 0. The van der Waals surface area contributed by atoms with Gasteiger partial charge in [-0.1, -0.05) is 26.2 Å². The molecule has 152 valence electrons. The molecule has 0 bridgehead atoms. The van der Waals surface area contributed by atoms with Crippen LogP contribution in [-0.4, -0.2) is 13.2 Å². The van der Waals surface area contributed by atoms with Crippen molar-refractivity contribution in [2.75, 3.05) is 13.2 Å². The van der Waals surface area contributed by atoms with Gasteiger partial charge < -0.3 is 9.47 Å². The van der Waals surface area contributed by atoms with E-state index in [1.54, 1.807) is 0 Å². The van der Waals surface area contributed by atoms with E-state index in [9.17, 15) is 0 Å². The van der Waals surface area contributed by atoms with Gasteiger partial charge >= 0.3 is 0 Å². The van der Waals surface area contributed by atoms with Crippen molar-refractivity contribution in [3.05, 3.63) is 19.3 Å². The predicted octanol–water partition coefficient (Wildman–Crippen LogP) is 7.70. The van der Waals surface area contributed by atoms with Crippen molar-refractivity contribution in [3.63, 3.8) is 0 Å². The number of rotatable bonds is 7. The van der Waals surface area contributed by atoms with Gasteiger partial charge in [0.2, 0.25) is 0 Å². The van der Waals surface area contributed by atoms with Crippen LogP contribution in [0.5, 0.6) is 11.5 Å². The first kappa shape index (κ1) is 22.0. The van der Waals surface area contributed by atoms with Gasteiger partial charge in [0.05, 0.1) is 20.4 Å². The second kappa shape index (κ2) is 10.9. The highest BCUT2D eigenvalue weighted by atomic mass is 127. The van der Waals surface area contributed by atoms with Gasteiger partial charge in [0.1, 0.15) is 11.5 Å². The monoisotopic (exact) mass is 596 g/mol. The summed E-state index contributed by atoms with van der Waals surface area (Å²) in [4.78, 5) is 0. The van der Waals surface area contributed by atoms with Gasteiger partial charge in [0.25, 0.3) is 0 Å². The maximum atomic E-state index is 6.23. The molecule has 0 aromatic heterocycles. The number of benzene rings is 1. The quantitative estimate of drug-likeness (QED) is 0.301. The zero-order valence-electron chi connectivity index (χ0n) is 16.8. The van der Waals surface area contributed by atoms with Crippen LogP contribution in [0, 0.1) is 30.8 Å². The fourth-order valence-corrected chi connectivity index (χ4v) is 6.20. The fraction of sp³-hybridized carbons (Fsp3) is 0.739. The van der Waals surface area contributed by atoms with Crippen molar-refractivity contribution in [3.8, 4) is 11.5 Å². The van der Waals surface area contributed by atoms with E-state index in [1.165, 1.54) is 64.9 Å². The molecular weight excluding hydrogens is 562 g/mol. The third kappa shape index (κ3) is 5.89. The van der Waals surface area contributed by atoms with Gasteiger partial charge in [-0.2, -0.15) is 0 Å². The molecule has 0 atom stereocenters. The predicted molar refractivity (Wildman–Crippen MR) is 130 cm³/mol. The van der Waals surface area contributed by atoms with E-state index >= 15 is 0 Å². The van der Waals surface area contributed by atoms with Gasteiger partial charge in [0, 0.05) is 0 Å². The first-order chi connectivity index (χ1) is 13.1. The van der Waals surface area contributed by atoms with Crippen molar-refractivity contribution in [1.82, 2.24) is 0 Å². The van der Waals surface area contributed by atoms with Crippen LogP contribution in [0.15, 0.2) is 12.1 Å². The smallest absolute Gasteiger partial charge is 0.133 e. The third-order valence-corrected chi connectivity index (χ3v) is 9.99. The Bertz CT molecular complexity index is 588. The molecule has 1 aromatic carbocycles. The molecule has 0 heterocycles. The Morgan fingerprint density at radius 2 is 1.22 bits per heavy atom. The molecule has 0 spiro atoms. The summed E-state index contributed by atoms with van der Waals surface area (Å²) >= 11 is 4.76. The minimum atomic E-state index is 0.704. The summed E-state index contributed by atoms with van der Waals surface area (Å²) in [6, 6.07) is 4.12. The summed E-state index contributed by atoms with van der Waals surface area (Å²) in [5.74, 6) is 5.74. The first-order valence-corrected chi connectivity index (χ1v) is 13.0. The Labute approximate surface area is 192 Å². The third-order valence-electron chi connectivity index (χ3n) is 6.81. The fourth-order valence-electron chi connectivity index (χ4n) is 4.99. The Morgan fingerprint density at radius 1 is 0.741 bits per heavy atom. The Kier molecular flexibility index (Phi) is 8.86. The minimum Gasteiger partial charge on any atom is -0.493 e. The van der Waals surface area contributed by atoms with Crippen molar-refractivity contribution in [2.24, 2.45) is 23.7 Å². The largest absolute Gasteiger partial charge is 0.493 e. The molecule has 0 unspecified atom stereocenters. The zero-order valence-corrected chi connectivity index (χ0v) is 21.1. The molecule has 0 aliphatic heterocycles. The summed E-state index contributed by atoms with van der Waals surface area (Å²) in [6.07, 6.45) is 12.9. The highest BCUT2D eigenvalue weighted by molar-refractivity contribution is 14.1. The lowest BCUT2D eigenvalue weighted by molar-refractivity contribution is 0.122. The molecule has 2 aliphatic carbocycles. The van der Waals surface area contributed by atoms with Crippen LogP contribution in [0.1, 0.15) is 71.6 Å². The number of ether oxygens (including phenoxy) is 2. The maximum absolute atomic E-state index is 6.23. The van der Waals surface area contributed by atoms with Crippen LogP contribution in [0.4, 0.5) is 0 Å². The molecular formula is C23H34I2O2. The lowest BCUT2D eigenvalue weighted by Crippen LogP contribution is -2.27. The number of halogens is 2. The Hall–Kier alpha value is 0.280. The van der Waals surface area contributed by atoms with Gasteiger partial charge in [0.15, 0.2) is 0 Å². The SMILES string of the molecule is CCOc1ccc(OCC2CCC(C3CCC(CC)CC3)CC2)c(I)c1I. The highest BCUT2D eigenvalue weighted by Gasteiger charge is 2.30.